The highest BCUT2D eigenvalue weighted by Gasteiger charge is 2.67. The van der Waals surface area contributed by atoms with Gasteiger partial charge in [0.05, 0.1) is 24.3 Å². The molecule has 2 bridgehead atoms. The van der Waals surface area contributed by atoms with Crippen LogP contribution in [0.3, 0.4) is 0 Å². The number of hydrogen-bond donors (Lipinski definition) is 1. The second-order valence-corrected chi connectivity index (χ2v) is 5.61. The minimum Gasteiger partial charge on any atom is -0.481 e. The van der Waals surface area contributed by atoms with E-state index < -0.39 is 35.3 Å². The average molecular weight is 289 g/mol. The van der Waals surface area contributed by atoms with Crippen molar-refractivity contribution in [3.8, 4) is 0 Å². The van der Waals surface area contributed by atoms with Crippen LogP contribution in [0.1, 0.15) is 0 Å². The van der Waals surface area contributed by atoms with Crippen LogP contribution in [-0.2, 0) is 14.3 Å². The maximum absolute atomic E-state index is 13.9. The fourth-order valence-electron chi connectivity index (χ4n) is 3.65. The predicted molar refractivity (Wildman–Crippen MR) is 70.1 cm³/mol. The first-order valence-corrected chi connectivity index (χ1v) is 6.69. The summed E-state index contributed by atoms with van der Waals surface area (Å²) in [6.07, 6.45) is 2.87. The van der Waals surface area contributed by atoms with E-state index in [0.717, 1.165) is 0 Å². The Morgan fingerprint density at radius 3 is 2.90 bits per heavy atom. The van der Waals surface area contributed by atoms with E-state index in [9.17, 15) is 19.1 Å². The molecule has 4 rings (SSSR count). The number of fused-ring (bicyclic) bond motifs is 1. The number of carboxylic acids is 1. The van der Waals surface area contributed by atoms with Gasteiger partial charge in [-0.1, -0.05) is 24.3 Å². The zero-order valence-electron chi connectivity index (χ0n) is 10.9. The van der Waals surface area contributed by atoms with Crippen molar-refractivity contribution in [1.82, 2.24) is 0 Å². The molecule has 0 radical (unpaired) electrons. The number of anilines is 1. The van der Waals surface area contributed by atoms with E-state index in [4.69, 9.17) is 4.74 Å². The molecule has 0 aromatic heterocycles. The van der Waals surface area contributed by atoms with Gasteiger partial charge in [-0.2, -0.15) is 0 Å². The normalized spacial score (nSPS) is 36.3. The number of amides is 1. The Morgan fingerprint density at radius 2 is 2.19 bits per heavy atom. The number of carboxylic acid groups (broad SMARTS) is 1. The molecule has 1 amide bonds. The van der Waals surface area contributed by atoms with Crippen LogP contribution in [0.15, 0.2) is 36.4 Å². The molecule has 1 N–H and O–H groups in total. The number of halogens is 1. The average Bonchev–Trinajstić information content (AvgIpc) is 3.08. The lowest BCUT2D eigenvalue weighted by Crippen LogP contribution is -2.39. The largest absolute Gasteiger partial charge is 0.481 e. The molecule has 3 heterocycles. The van der Waals surface area contributed by atoms with Gasteiger partial charge >= 0.3 is 5.97 Å². The Kier molecular flexibility index (Phi) is 2.34. The molecule has 3 aliphatic heterocycles. The molecule has 108 valence electrons. The molecule has 0 aliphatic carbocycles. The summed E-state index contributed by atoms with van der Waals surface area (Å²) < 4.78 is 19.7. The number of nitrogens with zero attached hydrogens (tertiary/aromatic N) is 1. The highest BCUT2D eigenvalue weighted by atomic mass is 19.1. The molecule has 21 heavy (non-hydrogen) atoms. The number of carbonyl (C=O) groups excluding carboxylic acids is 1. The van der Waals surface area contributed by atoms with E-state index in [2.05, 4.69) is 0 Å². The molecule has 1 aromatic carbocycles. The number of ether oxygens (including phenoxy) is 1. The lowest BCUT2D eigenvalue weighted by Gasteiger charge is -2.21. The van der Waals surface area contributed by atoms with Crippen molar-refractivity contribution in [2.75, 3.05) is 11.4 Å². The highest BCUT2D eigenvalue weighted by Crippen LogP contribution is 2.52. The van der Waals surface area contributed by atoms with E-state index in [1.807, 2.05) is 0 Å². The van der Waals surface area contributed by atoms with Gasteiger partial charge in [-0.3, -0.25) is 9.59 Å². The molecule has 5 nitrogen and oxygen atoms in total. The SMILES string of the molecule is O=C(O)[C@H]1[C@H]2C(=O)N(c3ccccc3F)C[C@]23C=C[C@H]1O3. The maximum atomic E-state index is 13.9. The molecule has 0 unspecified atom stereocenters. The minimum atomic E-state index is -1.06. The number of aliphatic carboxylic acids is 1. The second-order valence-electron chi connectivity index (χ2n) is 5.61. The van der Waals surface area contributed by atoms with Crippen LogP contribution in [0.5, 0.6) is 0 Å². The zero-order chi connectivity index (χ0) is 14.8. The van der Waals surface area contributed by atoms with Crippen molar-refractivity contribution in [3.63, 3.8) is 0 Å². The summed E-state index contributed by atoms with van der Waals surface area (Å²) in [5, 5.41) is 9.35. The molecule has 6 heteroatoms. The number of carbonyl (C=O) groups is 2. The second kappa shape index (κ2) is 3.92. The van der Waals surface area contributed by atoms with Crippen molar-refractivity contribution >= 4 is 17.6 Å². The first kappa shape index (κ1) is 12.5. The molecule has 1 aromatic rings. The molecule has 2 saturated heterocycles. The molecule has 4 atom stereocenters. The molecular formula is C15H12FNO4. The van der Waals surface area contributed by atoms with Crippen molar-refractivity contribution < 1.29 is 23.8 Å². The summed E-state index contributed by atoms with van der Waals surface area (Å²) in [6, 6.07) is 5.97. The fraction of sp³-hybridized carbons (Fsp3) is 0.333. The fourth-order valence-corrected chi connectivity index (χ4v) is 3.65. The molecule has 2 fully saturated rings. The highest BCUT2D eigenvalue weighted by molar-refractivity contribution is 6.02. The quantitative estimate of drug-likeness (QED) is 0.831. The third kappa shape index (κ3) is 1.48. The van der Waals surface area contributed by atoms with Gasteiger partial charge in [0.15, 0.2) is 0 Å². The van der Waals surface area contributed by atoms with Gasteiger partial charge in [-0.15, -0.1) is 0 Å². The molecule has 3 aliphatic rings. The van der Waals surface area contributed by atoms with Gasteiger partial charge in [0.25, 0.3) is 0 Å². The van der Waals surface area contributed by atoms with Crippen molar-refractivity contribution in [2.24, 2.45) is 11.8 Å². The first-order valence-electron chi connectivity index (χ1n) is 6.69. The lowest BCUT2D eigenvalue weighted by molar-refractivity contribution is -0.146. The van der Waals surface area contributed by atoms with Gasteiger partial charge in [0, 0.05) is 0 Å². The van der Waals surface area contributed by atoms with Gasteiger partial charge < -0.3 is 14.7 Å². The van der Waals surface area contributed by atoms with E-state index in [1.54, 1.807) is 24.3 Å². The monoisotopic (exact) mass is 289 g/mol. The molecule has 1 spiro atoms. The van der Waals surface area contributed by atoms with Gasteiger partial charge in [0.2, 0.25) is 5.91 Å². The summed E-state index contributed by atoms with van der Waals surface area (Å²) in [6.45, 7) is 0.147. The van der Waals surface area contributed by atoms with Crippen LogP contribution in [-0.4, -0.2) is 35.2 Å². The van der Waals surface area contributed by atoms with Gasteiger partial charge in [0.1, 0.15) is 17.3 Å². The number of para-hydroxylation sites is 1. The van der Waals surface area contributed by atoms with E-state index in [-0.39, 0.29) is 18.1 Å². The van der Waals surface area contributed by atoms with Crippen LogP contribution in [0.4, 0.5) is 10.1 Å². The van der Waals surface area contributed by atoms with Crippen LogP contribution < -0.4 is 4.90 Å². The van der Waals surface area contributed by atoms with E-state index in [0.29, 0.717) is 0 Å². The summed E-state index contributed by atoms with van der Waals surface area (Å²) in [4.78, 5) is 25.3. The molecule has 0 saturated carbocycles. The first-order chi connectivity index (χ1) is 10.0. The summed E-state index contributed by atoms with van der Waals surface area (Å²) in [5.74, 6) is -3.64. The van der Waals surface area contributed by atoms with Gasteiger partial charge in [-0.25, -0.2) is 4.39 Å². The third-order valence-electron chi connectivity index (χ3n) is 4.53. The Hall–Kier alpha value is -2.21. The van der Waals surface area contributed by atoms with Crippen molar-refractivity contribution in [1.29, 1.82) is 0 Å². The standard InChI is InChI=1S/C15H12FNO4/c16-8-3-1-2-4-9(8)17-7-15-6-5-10(21-15)11(14(19)20)12(15)13(17)18/h1-6,10-12H,7H2,(H,19,20)/t10-,11-,12+,15-/m1/s1. The Bertz CT molecular complexity index is 688. The zero-order valence-corrected chi connectivity index (χ0v) is 10.9. The van der Waals surface area contributed by atoms with Crippen LogP contribution in [0.2, 0.25) is 0 Å². The lowest BCUT2D eigenvalue weighted by atomic mass is 9.77. The Labute approximate surface area is 119 Å². The number of hydrogen-bond acceptors (Lipinski definition) is 3. The van der Waals surface area contributed by atoms with E-state index in [1.165, 1.54) is 17.0 Å². The van der Waals surface area contributed by atoms with Crippen molar-refractivity contribution in [3.05, 3.63) is 42.2 Å². The maximum Gasteiger partial charge on any atom is 0.310 e. The van der Waals surface area contributed by atoms with E-state index >= 15 is 0 Å². The molecular weight excluding hydrogens is 277 g/mol. The van der Waals surface area contributed by atoms with Crippen molar-refractivity contribution in [2.45, 2.75) is 11.7 Å². The van der Waals surface area contributed by atoms with Crippen LogP contribution in [0, 0.1) is 17.7 Å². The van der Waals surface area contributed by atoms with Gasteiger partial charge in [-0.05, 0) is 12.1 Å². The predicted octanol–water partition coefficient (Wildman–Crippen LogP) is 1.20. The number of rotatable bonds is 2. The summed E-state index contributed by atoms with van der Waals surface area (Å²) in [7, 11) is 0. The number of benzene rings is 1. The Balaban J connectivity index is 1.78. The Morgan fingerprint density at radius 1 is 1.43 bits per heavy atom. The topological polar surface area (TPSA) is 66.8 Å². The summed E-state index contributed by atoms with van der Waals surface area (Å²) >= 11 is 0. The summed E-state index contributed by atoms with van der Waals surface area (Å²) in [5.41, 5.74) is -0.775. The van der Waals surface area contributed by atoms with Crippen LogP contribution in [0.25, 0.3) is 0 Å². The minimum absolute atomic E-state index is 0.147. The smallest absolute Gasteiger partial charge is 0.310 e. The van der Waals surface area contributed by atoms with Crippen LogP contribution >= 0.6 is 0 Å². The third-order valence-corrected chi connectivity index (χ3v) is 4.53.